The number of hydrogen-bond donors (Lipinski definition) is 0. The summed E-state index contributed by atoms with van der Waals surface area (Å²) in [7, 11) is 0. The fourth-order valence-electron chi connectivity index (χ4n) is 4.81. The van der Waals surface area contributed by atoms with E-state index in [0.29, 0.717) is 22.0 Å². The second-order valence-electron chi connectivity index (χ2n) is 8.75. The van der Waals surface area contributed by atoms with Gasteiger partial charge in [0.05, 0.1) is 16.6 Å². The van der Waals surface area contributed by atoms with Crippen LogP contribution < -0.4 is 0 Å². The first kappa shape index (κ1) is 22.1. The molecule has 172 valence electrons. The predicted molar refractivity (Wildman–Crippen MR) is 150 cm³/mol. The maximum Gasteiger partial charge on any atom is 0.188 e. The van der Waals surface area contributed by atoms with Crippen LogP contribution in [0.4, 0.5) is 0 Å². The van der Waals surface area contributed by atoms with E-state index in [1.807, 2.05) is 91.9 Å². The molecule has 0 fully saturated rings. The van der Waals surface area contributed by atoms with Crippen LogP contribution in [-0.4, -0.2) is 15.8 Å². The molecule has 0 saturated carbocycles. The summed E-state index contributed by atoms with van der Waals surface area (Å²) in [5.74, 6) is -0.126. The molecule has 3 nitrogen and oxygen atoms in total. The van der Waals surface area contributed by atoms with Crippen LogP contribution in [0.25, 0.3) is 49.8 Å². The minimum absolute atomic E-state index is 0.126. The van der Waals surface area contributed by atoms with E-state index in [-0.39, 0.29) is 5.78 Å². The summed E-state index contributed by atoms with van der Waals surface area (Å²) in [6.07, 6.45) is 3.32. The van der Waals surface area contributed by atoms with E-state index < -0.39 is 0 Å². The van der Waals surface area contributed by atoms with Gasteiger partial charge >= 0.3 is 0 Å². The number of carbonyl (C=O) groups excluding carboxylic acids is 1. The number of fused-ring (bicyclic) bond motifs is 4. The Morgan fingerprint density at radius 1 is 0.778 bits per heavy atom. The third kappa shape index (κ3) is 3.84. The van der Waals surface area contributed by atoms with Gasteiger partial charge in [0, 0.05) is 33.0 Å². The van der Waals surface area contributed by atoms with E-state index in [2.05, 4.69) is 17.1 Å². The van der Waals surface area contributed by atoms with Gasteiger partial charge in [0.25, 0.3) is 0 Å². The Labute approximate surface area is 213 Å². The molecule has 0 spiro atoms. The molecule has 0 aliphatic carbocycles. The van der Waals surface area contributed by atoms with Gasteiger partial charge in [-0.25, -0.2) is 4.98 Å². The lowest BCUT2D eigenvalue weighted by molar-refractivity contribution is 0.104. The number of rotatable bonds is 4. The van der Waals surface area contributed by atoms with Crippen molar-refractivity contribution in [2.45, 2.75) is 6.92 Å². The van der Waals surface area contributed by atoms with Crippen LogP contribution in [0.5, 0.6) is 0 Å². The molecule has 6 aromatic rings. The van der Waals surface area contributed by atoms with E-state index in [1.165, 1.54) is 0 Å². The number of hydrogen-bond acceptors (Lipinski definition) is 3. The zero-order chi connectivity index (χ0) is 24.6. The Morgan fingerprint density at radius 2 is 1.47 bits per heavy atom. The number of pyridine rings is 2. The molecule has 4 aromatic carbocycles. The molecule has 0 radical (unpaired) electrons. The van der Waals surface area contributed by atoms with Gasteiger partial charge in [0.15, 0.2) is 5.78 Å². The fourth-order valence-corrected chi connectivity index (χ4v) is 5.01. The van der Waals surface area contributed by atoms with Gasteiger partial charge < -0.3 is 0 Å². The summed E-state index contributed by atoms with van der Waals surface area (Å²) >= 11 is 6.58. The molecule has 0 bridgehead atoms. The van der Waals surface area contributed by atoms with Crippen LogP contribution in [0.15, 0.2) is 103 Å². The Morgan fingerprint density at radius 3 is 2.31 bits per heavy atom. The average molecular weight is 485 g/mol. The van der Waals surface area contributed by atoms with Gasteiger partial charge in [0.1, 0.15) is 5.15 Å². The highest BCUT2D eigenvalue weighted by atomic mass is 35.5. The van der Waals surface area contributed by atoms with E-state index >= 15 is 0 Å². The quantitative estimate of drug-likeness (QED) is 0.109. The van der Waals surface area contributed by atoms with Crippen molar-refractivity contribution in [2.24, 2.45) is 0 Å². The molecular weight excluding hydrogens is 464 g/mol. The molecule has 0 aliphatic rings. The first-order valence-corrected chi connectivity index (χ1v) is 12.1. The monoisotopic (exact) mass is 484 g/mol. The minimum Gasteiger partial charge on any atom is -0.289 e. The summed E-state index contributed by atoms with van der Waals surface area (Å²) in [6, 6.07) is 32.1. The first-order valence-electron chi connectivity index (χ1n) is 11.8. The second-order valence-corrected chi connectivity index (χ2v) is 9.11. The fraction of sp³-hybridized carbons (Fsp3) is 0.0312. The standard InChI is InChI=1S/C32H21ClN2O/c1-20-29(30(22-10-3-2-4-11-22)26-13-7-8-14-27(26)34-20)28(36)18-17-24-19-23-16-15-21-9-5-6-12-25(21)31(23)35-32(24)33/h2-19H,1H3/b18-17+. The second kappa shape index (κ2) is 9.03. The molecule has 6 rings (SSSR count). The Kier molecular flexibility index (Phi) is 5.55. The SMILES string of the molecule is Cc1nc2ccccc2c(-c2ccccc2)c1C(=O)/C=C/c1cc2ccc3ccccc3c2nc1Cl. The van der Waals surface area contributed by atoms with Gasteiger partial charge in [-0.3, -0.25) is 9.78 Å². The normalized spacial score (nSPS) is 11.6. The zero-order valence-corrected chi connectivity index (χ0v) is 20.3. The summed E-state index contributed by atoms with van der Waals surface area (Å²) in [6.45, 7) is 1.88. The lowest BCUT2D eigenvalue weighted by Gasteiger charge is -2.14. The van der Waals surface area contributed by atoms with E-state index in [4.69, 9.17) is 16.6 Å². The summed E-state index contributed by atoms with van der Waals surface area (Å²) in [5, 5.41) is 4.44. The maximum atomic E-state index is 13.6. The molecular formula is C32H21ClN2O. The highest BCUT2D eigenvalue weighted by Crippen LogP contribution is 2.34. The molecule has 2 heterocycles. The summed E-state index contributed by atoms with van der Waals surface area (Å²) < 4.78 is 0. The lowest BCUT2D eigenvalue weighted by atomic mass is 9.92. The average Bonchev–Trinajstić information content (AvgIpc) is 2.91. The molecule has 4 heteroatoms. The van der Waals surface area contributed by atoms with Crippen molar-refractivity contribution >= 4 is 56.0 Å². The molecule has 0 aliphatic heterocycles. The van der Waals surface area contributed by atoms with E-state index in [0.717, 1.165) is 43.7 Å². The maximum absolute atomic E-state index is 13.6. The number of carbonyl (C=O) groups is 1. The Bertz CT molecular complexity index is 1820. The highest BCUT2D eigenvalue weighted by molar-refractivity contribution is 6.32. The summed E-state index contributed by atoms with van der Waals surface area (Å²) in [5.41, 5.74) is 5.56. The summed E-state index contributed by atoms with van der Waals surface area (Å²) in [4.78, 5) is 23.0. The van der Waals surface area contributed by atoms with Gasteiger partial charge in [-0.2, -0.15) is 0 Å². The predicted octanol–water partition coefficient (Wildman–Crippen LogP) is 8.46. The minimum atomic E-state index is -0.126. The lowest BCUT2D eigenvalue weighted by Crippen LogP contribution is -2.05. The topological polar surface area (TPSA) is 42.9 Å². The molecule has 0 amide bonds. The van der Waals surface area contributed by atoms with Crippen LogP contribution in [0, 0.1) is 6.92 Å². The van der Waals surface area contributed by atoms with E-state index in [1.54, 1.807) is 12.2 Å². The van der Waals surface area contributed by atoms with Crippen molar-refractivity contribution in [1.82, 2.24) is 9.97 Å². The number of nitrogens with zero attached hydrogens (tertiary/aromatic N) is 2. The smallest absolute Gasteiger partial charge is 0.188 e. The van der Waals surface area contributed by atoms with Crippen molar-refractivity contribution in [3.05, 3.63) is 125 Å². The van der Waals surface area contributed by atoms with Crippen molar-refractivity contribution in [3.8, 4) is 11.1 Å². The van der Waals surface area contributed by atoms with Crippen molar-refractivity contribution < 1.29 is 4.79 Å². The number of aryl methyl sites for hydroxylation is 1. The number of allylic oxidation sites excluding steroid dienone is 1. The number of benzene rings is 4. The van der Waals surface area contributed by atoms with Crippen molar-refractivity contribution in [3.63, 3.8) is 0 Å². The third-order valence-corrected chi connectivity index (χ3v) is 6.79. The van der Waals surface area contributed by atoms with Crippen LogP contribution in [0.2, 0.25) is 5.15 Å². The zero-order valence-electron chi connectivity index (χ0n) is 19.6. The molecule has 0 N–H and O–H groups in total. The molecule has 0 saturated heterocycles. The van der Waals surface area contributed by atoms with Gasteiger partial charge in [-0.15, -0.1) is 0 Å². The number of para-hydroxylation sites is 1. The van der Waals surface area contributed by atoms with Crippen molar-refractivity contribution in [2.75, 3.05) is 0 Å². The molecule has 2 aromatic heterocycles. The number of aromatic nitrogens is 2. The Balaban J connectivity index is 1.47. The molecule has 36 heavy (non-hydrogen) atoms. The van der Waals surface area contributed by atoms with Crippen molar-refractivity contribution in [1.29, 1.82) is 0 Å². The van der Waals surface area contributed by atoms with Gasteiger partial charge in [-0.05, 0) is 42.2 Å². The largest absolute Gasteiger partial charge is 0.289 e. The van der Waals surface area contributed by atoms with Crippen LogP contribution in [-0.2, 0) is 0 Å². The van der Waals surface area contributed by atoms with Gasteiger partial charge in [0.2, 0.25) is 0 Å². The van der Waals surface area contributed by atoms with E-state index in [9.17, 15) is 4.79 Å². The van der Waals surface area contributed by atoms with Crippen LogP contribution in [0.3, 0.4) is 0 Å². The third-order valence-electron chi connectivity index (χ3n) is 6.49. The number of halogens is 1. The molecule has 0 atom stereocenters. The highest BCUT2D eigenvalue weighted by Gasteiger charge is 2.19. The molecule has 0 unspecified atom stereocenters. The van der Waals surface area contributed by atoms with Crippen LogP contribution >= 0.6 is 11.6 Å². The first-order chi connectivity index (χ1) is 17.6. The Hall–Kier alpha value is -4.34. The van der Waals surface area contributed by atoms with Gasteiger partial charge in [-0.1, -0.05) is 96.5 Å². The van der Waals surface area contributed by atoms with Crippen LogP contribution in [0.1, 0.15) is 21.6 Å². The number of ketones is 1.